The van der Waals surface area contributed by atoms with Crippen molar-refractivity contribution in [3.8, 4) is 5.75 Å². The number of pyridine rings is 1. The normalized spacial score (nSPS) is 17.3. The van der Waals surface area contributed by atoms with Crippen molar-refractivity contribution < 1.29 is 4.74 Å². The van der Waals surface area contributed by atoms with Gasteiger partial charge in [-0.25, -0.2) is 4.98 Å². The van der Waals surface area contributed by atoms with Gasteiger partial charge in [-0.1, -0.05) is 12.8 Å². The van der Waals surface area contributed by atoms with Crippen LogP contribution in [0.25, 0.3) is 10.8 Å². The minimum Gasteiger partial charge on any atom is -0.497 e. The molecular weight excluding hydrogens is 250 g/mol. The zero-order valence-corrected chi connectivity index (χ0v) is 11.9. The minimum absolute atomic E-state index is 0.0151. The average molecular weight is 271 g/mol. The van der Waals surface area contributed by atoms with E-state index in [-0.39, 0.29) is 5.54 Å². The number of nitrogens with one attached hydrogen (secondary N) is 1. The lowest BCUT2D eigenvalue weighted by molar-refractivity contribution is 0.415. The Balaban J connectivity index is 1.99. The Morgan fingerprint density at radius 2 is 2.10 bits per heavy atom. The van der Waals surface area contributed by atoms with Gasteiger partial charge in [0.05, 0.1) is 12.6 Å². The smallest absolute Gasteiger partial charge is 0.134 e. The molecule has 3 N–H and O–H groups in total. The molecule has 2 aromatic rings. The molecule has 1 aliphatic rings. The molecular formula is C16H21N3O. The molecule has 0 saturated heterocycles. The summed E-state index contributed by atoms with van der Waals surface area (Å²) in [7, 11) is 1.68. The lowest BCUT2D eigenvalue weighted by Gasteiger charge is -2.29. The van der Waals surface area contributed by atoms with E-state index in [1.807, 2.05) is 24.4 Å². The average Bonchev–Trinajstić information content (AvgIpc) is 2.96. The number of methoxy groups -OCH3 is 1. The highest BCUT2D eigenvalue weighted by atomic mass is 16.5. The van der Waals surface area contributed by atoms with Gasteiger partial charge in [0.25, 0.3) is 0 Å². The van der Waals surface area contributed by atoms with Gasteiger partial charge in [-0.05, 0) is 42.5 Å². The summed E-state index contributed by atoms with van der Waals surface area (Å²) in [4.78, 5) is 4.51. The molecule has 0 aliphatic heterocycles. The Morgan fingerprint density at radius 3 is 2.80 bits per heavy atom. The van der Waals surface area contributed by atoms with Gasteiger partial charge in [0.1, 0.15) is 11.6 Å². The largest absolute Gasteiger partial charge is 0.497 e. The van der Waals surface area contributed by atoms with Gasteiger partial charge in [0.15, 0.2) is 0 Å². The lowest BCUT2D eigenvalue weighted by atomic mass is 9.97. The molecule has 20 heavy (non-hydrogen) atoms. The van der Waals surface area contributed by atoms with Crippen LogP contribution in [0, 0.1) is 0 Å². The molecule has 1 saturated carbocycles. The van der Waals surface area contributed by atoms with Crippen molar-refractivity contribution in [2.75, 3.05) is 19.0 Å². The number of rotatable bonds is 4. The quantitative estimate of drug-likeness (QED) is 0.897. The van der Waals surface area contributed by atoms with Gasteiger partial charge in [0, 0.05) is 18.1 Å². The highest BCUT2D eigenvalue weighted by molar-refractivity contribution is 5.92. The molecule has 0 spiro atoms. The number of benzene rings is 1. The van der Waals surface area contributed by atoms with Crippen LogP contribution in [0.4, 0.5) is 5.82 Å². The lowest BCUT2D eigenvalue weighted by Crippen LogP contribution is -2.43. The van der Waals surface area contributed by atoms with Gasteiger partial charge >= 0.3 is 0 Å². The zero-order chi connectivity index (χ0) is 14.0. The first-order valence-corrected chi connectivity index (χ1v) is 7.17. The molecule has 1 aromatic heterocycles. The fraction of sp³-hybridized carbons (Fsp3) is 0.438. The zero-order valence-electron chi connectivity index (χ0n) is 11.9. The fourth-order valence-electron chi connectivity index (χ4n) is 3.07. The molecule has 0 atom stereocenters. The predicted octanol–water partition coefficient (Wildman–Crippen LogP) is 2.93. The second-order valence-corrected chi connectivity index (χ2v) is 5.56. The number of anilines is 1. The summed E-state index contributed by atoms with van der Waals surface area (Å²) in [6.45, 7) is 0.654. The van der Waals surface area contributed by atoms with Crippen molar-refractivity contribution in [2.24, 2.45) is 5.73 Å². The first-order valence-electron chi connectivity index (χ1n) is 7.17. The van der Waals surface area contributed by atoms with E-state index in [0.717, 1.165) is 35.2 Å². The molecule has 1 aromatic carbocycles. The number of nitrogens with two attached hydrogens (primary N) is 1. The third-order valence-corrected chi connectivity index (χ3v) is 4.31. The van der Waals surface area contributed by atoms with Gasteiger partial charge in [-0.3, -0.25) is 0 Å². The summed E-state index contributed by atoms with van der Waals surface area (Å²) in [6, 6.07) is 8.07. The molecule has 4 heteroatoms. The SMILES string of the molecule is COc1ccc2c(NC3(CN)CCCC3)nccc2c1. The fourth-order valence-corrected chi connectivity index (χ4v) is 3.07. The number of aromatic nitrogens is 1. The van der Waals surface area contributed by atoms with Gasteiger partial charge in [0.2, 0.25) is 0 Å². The highest BCUT2D eigenvalue weighted by Gasteiger charge is 2.32. The van der Waals surface area contributed by atoms with E-state index in [9.17, 15) is 0 Å². The summed E-state index contributed by atoms with van der Waals surface area (Å²) in [6.07, 6.45) is 6.56. The van der Waals surface area contributed by atoms with E-state index >= 15 is 0 Å². The summed E-state index contributed by atoms with van der Waals surface area (Å²) >= 11 is 0. The molecule has 1 heterocycles. The Labute approximate surface area is 119 Å². The van der Waals surface area contributed by atoms with Gasteiger partial charge in [-0.2, -0.15) is 0 Å². The molecule has 0 bridgehead atoms. The maximum Gasteiger partial charge on any atom is 0.134 e. The summed E-state index contributed by atoms with van der Waals surface area (Å²) < 4.78 is 5.28. The Kier molecular flexibility index (Phi) is 3.49. The number of hydrogen-bond donors (Lipinski definition) is 2. The number of nitrogens with zero attached hydrogens (tertiary/aromatic N) is 1. The van der Waals surface area contributed by atoms with Crippen molar-refractivity contribution in [3.63, 3.8) is 0 Å². The van der Waals surface area contributed by atoms with Gasteiger partial charge < -0.3 is 15.8 Å². The van der Waals surface area contributed by atoms with Crippen molar-refractivity contribution in [3.05, 3.63) is 30.5 Å². The molecule has 0 unspecified atom stereocenters. The third kappa shape index (κ3) is 2.31. The maximum atomic E-state index is 6.00. The Hall–Kier alpha value is -1.81. The second kappa shape index (κ2) is 5.29. The van der Waals surface area contributed by atoms with Crippen molar-refractivity contribution in [2.45, 2.75) is 31.2 Å². The number of ether oxygens (including phenoxy) is 1. The second-order valence-electron chi connectivity index (χ2n) is 5.56. The van der Waals surface area contributed by atoms with Crippen LogP contribution >= 0.6 is 0 Å². The van der Waals surface area contributed by atoms with Crippen molar-refractivity contribution >= 4 is 16.6 Å². The van der Waals surface area contributed by atoms with E-state index < -0.39 is 0 Å². The Bertz CT molecular complexity index is 606. The minimum atomic E-state index is 0.0151. The molecule has 0 amide bonds. The summed E-state index contributed by atoms with van der Waals surface area (Å²) in [5, 5.41) is 5.86. The van der Waals surface area contributed by atoms with Crippen molar-refractivity contribution in [1.29, 1.82) is 0 Å². The van der Waals surface area contributed by atoms with Crippen LogP contribution in [0.2, 0.25) is 0 Å². The van der Waals surface area contributed by atoms with E-state index in [1.54, 1.807) is 7.11 Å². The standard InChI is InChI=1S/C16H21N3O/c1-20-13-4-5-14-12(10-13)6-9-18-15(14)19-16(11-17)7-2-3-8-16/h4-6,9-10H,2-3,7-8,11,17H2,1H3,(H,18,19). The van der Waals surface area contributed by atoms with E-state index in [0.29, 0.717) is 6.54 Å². The van der Waals surface area contributed by atoms with Crippen LogP contribution in [-0.4, -0.2) is 24.2 Å². The summed E-state index contributed by atoms with van der Waals surface area (Å²) in [5.41, 5.74) is 6.01. The van der Waals surface area contributed by atoms with Crippen molar-refractivity contribution in [1.82, 2.24) is 4.98 Å². The first kappa shape index (κ1) is 13.2. The molecule has 3 rings (SSSR count). The monoisotopic (exact) mass is 271 g/mol. The number of fused-ring (bicyclic) bond motifs is 1. The van der Waals surface area contributed by atoms with E-state index in [2.05, 4.69) is 16.4 Å². The number of hydrogen-bond acceptors (Lipinski definition) is 4. The predicted molar refractivity (Wildman–Crippen MR) is 82.2 cm³/mol. The van der Waals surface area contributed by atoms with Crippen LogP contribution in [0.1, 0.15) is 25.7 Å². The first-order chi connectivity index (χ1) is 9.76. The molecule has 106 valence electrons. The van der Waals surface area contributed by atoms with Crippen LogP contribution in [-0.2, 0) is 0 Å². The van der Waals surface area contributed by atoms with E-state index in [4.69, 9.17) is 10.5 Å². The molecule has 4 nitrogen and oxygen atoms in total. The van der Waals surface area contributed by atoms with Gasteiger partial charge in [-0.15, -0.1) is 0 Å². The van der Waals surface area contributed by atoms with E-state index in [1.165, 1.54) is 12.8 Å². The molecule has 1 aliphatic carbocycles. The van der Waals surface area contributed by atoms with Crippen LogP contribution < -0.4 is 15.8 Å². The Morgan fingerprint density at radius 1 is 1.30 bits per heavy atom. The molecule has 0 radical (unpaired) electrons. The van der Waals surface area contributed by atoms with Crippen LogP contribution in [0.15, 0.2) is 30.5 Å². The van der Waals surface area contributed by atoms with Crippen LogP contribution in [0.3, 0.4) is 0 Å². The maximum absolute atomic E-state index is 6.00. The third-order valence-electron chi connectivity index (χ3n) is 4.31. The van der Waals surface area contributed by atoms with Crippen LogP contribution in [0.5, 0.6) is 5.75 Å². The topological polar surface area (TPSA) is 60.2 Å². The molecule has 1 fully saturated rings. The summed E-state index contributed by atoms with van der Waals surface area (Å²) in [5.74, 6) is 1.79. The highest BCUT2D eigenvalue weighted by Crippen LogP contribution is 2.34.